The molecule has 2 aromatic heterocycles. The number of benzene rings is 1. The maximum Gasteiger partial charge on any atom is 0.246 e. The standard InChI is InChI=1S/C22H22FN7O/c1-2-19(31)29-11-5-8-17(13-29)30-22-20(21(24)26-14-27-22)18(28-30)9-4-10-25-16-7-3-6-15(23)12-16/h2-3,6-7,12,14,17,25H,1,5,8,10-11,13H2,(H2,24,26,27). The summed E-state index contributed by atoms with van der Waals surface area (Å²) in [7, 11) is 0. The SMILES string of the molecule is C=CC(=O)N1CCCC(n2nc(C#CCNc3cccc(F)c3)c3c(N)ncnc32)C1. The van der Waals surface area contributed by atoms with Gasteiger partial charge in [-0.2, -0.15) is 5.10 Å². The maximum absolute atomic E-state index is 13.3. The lowest BCUT2D eigenvalue weighted by Crippen LogP contribution is -2.40. The third-order valence-corrected chi connectivity index (χ3v) is 5.16. The Labute approximate surface area is 179 Å². The normalized spacial score (nSPS) is 15.9. The van der Waals surface area contributed by atoms with Crippen LogP contribution in [0, 0.1) is 17.7 Å². The zero-order valence-corrected chi connectivity index (χ0v) is 16.9. The second-order valence-electron chi connectivity index (χ2n) is 7.20. The van der Waals surface area contributed by atoms with E-state index < -0.39 is 0 Å². The Balaban J connectivity index is 1.60. The van der Waals surface area contributed by atoms with Crippen molar-refractivity contribution in [2.75, 3.05) is 30.7 Å². The third kappa shape index (κ3) is 4.33. The summed E-state index contributed by atoms with van der Waals surface area (Å²) >= 11 is 0. The van der Waals surface area contributed by atoms with E-state index in [-0.39, 0.29) is 17.8 Å². The predicted octanol–water partition coefficient (Wildman–Crippen LogP) is 2.36. The van der Waals surface area contributed by atoms with Crippen LogP contribution in [0.5, 0.6) is 0 Å². The summed E-state index contributed by atoms with van der Waals surface area (Å²) in [5, 5.41) is 8.30. The number of rotatable bonds is 4. The molecule has 158 valence electrons. The molecule has 8 nitrogen and oxygen atoms in total. The number of halogens is 1. The Morgan fingerprint density at radius 2 is 2.29 bits per heavy atom. The summed E-state index contributed by atoms with van der Waals surface area (Å²) < 4.78 is 15.1. The molecule has 4 rings (SSSR count). The van der Waals surface area contributed by atoms with Crippen molar-refractivity contribution in [1.82, 2.24) is 24.6 Å². The lowest BCUT2D eigenvalue weighted by molar-refractivity contribution is -0.127. The number of nitrogens with two attached hydrogens (primary N) is 1. The van der Waals surface area contributed by atoms with Gasteiger partial charge in [0.1, 0.15) is 23.7 Å². The van der Waals surface area contributed by atoms with Crippen LogP contribution in [0.4, 0.5) is 15.9 Å². The van der Waals surface area contributed by atoms with Gasteiger partial charge in [-0.15, -0.1) is 0 Å². The Morgan fingerprint density at radius 3 is 3.10 bits per heavy atom. The molecule has 1 atom stereocenters. The van der Waals surface area contributed by atoms with Gasteiger partial charge in [0.05, 0.1) is 18.0 Å². The fraction of sp³-hybridized carbons (Fsp3) is 0.273. The molecule has 3 heterocycles. The minimum atomic E-state index is -0.316. The number of fused-ring (bicyclic) bond motifs is 1. The lowest BCUT2D eigenvalue weighted by atomic mass is 10.1. The van der Waals surface area contributed by atoms with Crippen molar-refractivity contribution in [2.45, 2.75) is 18.9 Å². The van der Waals surface area contributed by atoms with Crippen molar-refractivity contribution in [2.24, 2.45) is 0 Å². The van der Waals surface area contributed by atoms with Crippen molar-refractivity contribution in [3.63, 3.8) is 0 Å². The van der Waals surface area contributed by atoms with Gasteiger partial charge < -0.3 is 16.0 Å². The highest BCUT2D eigenvalue weighted by Gasteiger charge is 2.27. The van der Waals surface area contributed by atoms with Crippen molar-refractivity contribution in [1.29, 1.82) is 0 Å². The number of carbonyl (C=O) groups is 1. The minimum Gasteiger partial charge on any atom is -0.383 e. The second kappa shape index (κ2) is 8.83. The molecule has 1 unspecified atom stereocenters. The molecule has 0 aliphatic carbocycles. The van der Waals surface area contributed by atoms with Gasteiger partial charge >= 0.3 is 0 Å². The largest absolute Gasteiger partial charge is 0.383 e. The number of hydrogen-bond donors (Lipinski definition) is 2. The number of hydrogen-bond acceptors (Lipinski definition) is 6. The summed E-state index contributed by atoms with van der Waals surface area (Å²) in [6, 6.07) is 6.13. The fourth-order valence-electron chi connectivity index (χ4n) is 3.69. The number of piperidine rings is 1. The van der Waals surface area contributed by atoms with E-state index in [1.54, 1.807) is 21.7 Å². The Hall–Kier alpha value is -3.93. The molecular formula is C22H22FN7O. The van der Waals surface area contributed by atoms with Crippen LogP contribution in [-0.2, 0) is 4.79 Å². The van der Waals surface area contributed by atoms with E-state index in [0.29, 0.717) is 47.9 Å². The molecule has 31 heavy (non-hydrogen) atoms. The van der Waals surface area contributed by atoms with E-state index in [1.807, 2.05) is 0 Å². The summed E-state index contributed by atoms with van der Waals surface area (Å²) in [5.41, 5.74) is 7.81. The first-order valence-corrected chi connectivity index (χ1v) is 9.95. The molecule has 0 radical (unpaired) electrons. The molecule has 0 bridgehead atoms. The third-order valence-electron chi connectivity index (χ3n) is 5.16. The highest BCUT2D eigenvalue weighted by molar-refractivity contribution is 5.90. The van der Waals surface area contributed by atoms with Crippen LogP contribution in [0.3, 0.4) is 0 Å². The molecule has 1 aliphatic rings. The fourth-order valence-corrected chi connectivity index (χ4v) is 3.69. The highest BCUT2D eigenvalue weighted by Crippen LogP contribution is 2.28. The molecule has 0 saturated carbocycles. The average Bonchev–Trinajstić information content (AvgIpc) is 3.16. The summed E-state index contributed by atoms with van der Waals surface area (Å²) in [5.74, 6) is 5.90. The summed E-state index contributed by atoms with van der Waals surface area (Å²) in [4.78, 5) is 22.3. The molecule has 1 aliphatic heterocycles. The van der Waals surface area contributed by atoms with Crippen LogP contribution in [0.2, 0.25) is 0 Å². The van der Waals surface area contributed by atoms with Crippen molar-refractivity contribution in [3.05, 3.63) is 54.8 Å². The van der Waals surface area contributed by atoms with Gasteiger partial charge in [0.15, 0.2) is 5.65 Å². The van der Waals surface area contributed by atoms with E-state index >= 15 is 0 Å². The van der Waals surface area contributed by atoms with E-state index in [9.17, 15) is 9.18 Å². The van der Waals surface area contributed by atoms with Crippen LogP contribution in [0.15, 0.2) is 43.2 Å². The first-order valence-electron chi connectivity index (χ1n) is 9.95. The molecule has 1 aromatic carbocycles. The first kappa shape index (κ1) is 20.3. The zero-order chi connectivity index (χ0) is 21.8. The molecule has 1 fully saturated rings. The van der Waals surface area contributed by atoms with Crippen LogP contribution in [-0.4, -0.2) is 50.2 Å². The molecular weight excluding hydrogens is 397 g/mol. The van der Waals surface area contributed by atoms with Crippen LogP contribution in [0.25, 0.3) is 11.0 Å². The van der Waals surface area contributed by atoms with Gasteiger partial charge in [0.2, 0.25) is 5.91 Å². The number of likely N-dealkylation sites (tertiary alicyclic amines) is 1. The molecule has 3 N–H and O–H groups in total. The highest BCUT2D eigenvalue weighted by atomic mass is 19.1. The number of nitrogens with zero attached hydrogens (tertiary/aromatic N) is 5. The zero-order valence-electron chi connectivity index (χ0n) is 16.9. The topological polar surface area (TPSA) is 102 Å². The van der Waals surface area contributed by atoms with Gasteiger partial charge in [-0.1, -0.05) is 18.6 Å². The van der Waals surface area contributed by atoms with Gasteiger partial charge in [-0.3, -0.25) is 4.79 Å². The van der Waals surface area contributed by atoms with Crippen LogP contribution < -0.4 is 11.1 Å². The summed E-state index contributed by atoms with van der Waals surface area (Å²) in [6.45, 7) is 5.08. The molecule has 1 saturated heterocycles. The molecule has 0 spiro atoms. The number of nitrogen functional groups attached to an aromatic ring is 1. The first-order chi connectivity index (χ1) is 15.1. The maximum atomic E-state index is 13.3. The average molecular weight is 419 g/mol. The number of aromatic nitrogens is 4. The van der Waals surface area contributed by atoms with Gasteiger partial charge in [0.25, 0.3) is 0 Å². The minimum absolute atomic E-state index is 0.0459. The quantitative estimate of drug-likeness (QED) is 0.497. The van der Waals surface area contributed by atoms with Gasteiger partial charge in [-0.05, 0) is 43.0 Å². The van der Waals surface area contributed by atoms with E-state index in [1.165, 1.54) is 24.5 Å². The van der Waals surface area contributed by atoms with Crippen molar-refractivity contribution < 1.29 is 9.18 Å². The Morgan fingerprint density at radius 1 is 1.42 bits per heavy atom. The number of nitrogens with one attached hydrogen (secondary N) is 1. The number of anilines is 2. The Bertz CT molecular complexity index is 1190. The smallest absolute Gasteiger partial charge is 0.246 e. The van der Waals surface area contributed by atoms with Gasteiger partial charge in [-0.25, -0.2) is 19.0 Å². The number of carbonyl (C=O) groups excluding carboxylic acids is 1. The lowest BCUT2D eigenvalue weighted by Gasteiger charge is -2.32. The monoisotopic (exact) mass is 419 g/mol. The molecule has 1 amide bonds. The van der Waals surface area contributed by atoms with Crippen molar-refractivity contribution >= 4 is 28.4 Å². The molecule has 9 heteroatoms. The number of amides is 1. The van der Waals surface area contributed by atoms with E-state index in [4.69, 9.17) is 5.73 Å². The van der Waals surface area contributed by atoms with Gasteiger partial charge in [0, 0.05) is 18.8 Å². The van der Waals surface area contributed by atoms with E-state index in [0.717, 1.165) is 12.8 Å². The van der Waals surface area contributed by atoms with E-state index in [2.05, 4.69) is 38.8 Å². The second-order valence-corrected chi connectivity index (χ2v) is 7.20. The van der Waals surface area contributed by atoms with Crippen LogP contribution in [0.1, 0.15) is 24.6 Å². The molecule has 3 aromatic rings. The van der Waals surface area contributed by atoms with Crippen molar-refractivity contribution in [3.8, 4) is 11.8 Å². The Kier molecular flexibility index (Phi) is 5.80. The van der Waals surface area contributed by atoms with Crippen LogP contribution >= 0.6 is 0 Å². The summed E-state index contributed by atoms with van der Waals surface area (Å²) in [6.07, 6.45) is 4.43. The predicted molar refractivity (Wildman–Crippen MR) is 117 cm³/mol.